The minimum absolute atomic E-state index is 0.104. The summed E-state index contributed by atoms with van der Waals surface area (Å²) >= 11 is 0. The molecule has 148 valence electrons. The van der Waals surface area contributed by atoms with Gasteiger partial charge >= 0.3 is 0 Å². The largest absolute Gasteiger partial charge is 0.339 e. The van der Waals surface area contributed by atoms with Crippen LogP contribution in [0.3, 0.4) is 0 Å². The van der Waals surface area contributed by atoms with Crippen LogP contribution in [0.15, 0.2) is 42.5 Å². The van der Waals surface area contributed by atoms with Crippen molar-refractivity contribution in [1.82, 2.24) is 9.97 Å². The second-order valence-corrected chi connectivity index (χ2v) is 8.07. The van der Waals surface area contributed by atoms with Gasteiger partial charge in [0.1, 0.15) is 5.82 Å². The fraction of sp³-hybridized carbons (Fsp3) is 0.292. The number of hydrogen-bond acceptors (Lipinski definition) is 5. The van der Waals surface area contributed by atoms with Crippen LogP contribution in [0.5, 0.6) is 0 Å². The van der Waals surface area contributed by atoms with Gasteiger partial charge in [-0.2, -0.15) is 4.98 Å². The molecule has 1 aliphatic carbocycles. The minimum atomic E-state index is 0.104. The first-order chi connectivity index (χ1) is 13.9. The van der Waals surface area contributed by atoms with Gasteiger partial charge in [-0.15, -0.1) is 0 Å². The molecule has 0 saturated carbocycles. The Hall–Kier alpha value is -3.21. The Morgan fingerprint density at radius 3 is 2.45 bits per heavy atom. The highest BCUT2D eigenvalue weighted by atomic mass is 16.1. The summed E-state index contributed by atoms with van der Waals surface area (Å²) in [6.45, 7) is 8.30. The number of Topliss-reactive ketones (excluding diaryl/α,β-unsaturated/α-hetero) is 1. The van der Waals surface area contributed by atoms with Gasteiger partial charge in [0.2, 0.25) is 5.95 Å². The second kappa shape index (κ2) is 7.66. The molecule has 0 radical (unpaired) electrons. The van der Waals surface area contributed by atoms with Crippen LogP contribution in [0, 0.1) is 26.7 Å². The summed E-state index contributed by atoms with van der Waals surface area (Å²) in [7, 11) is 0. The number of ketones is 1. The van der Waals surface area contributed by atoms with E-state index in [-0.39, 0.29) is 11.7 Å². The Morgan fingerprint density at radius 1 is 0.897 bits per heavy atom. The van der Waals surface area contributed by atoms with Gasteiger partial charge in [-0.3, -0.25) is 4.79 Å². The molecule has 1 unspecified atom stereocenters. The lowest BCUT2D eigenvalue weighted by molar-refractivity contribution is 0.0953. The van der Waals surface area contributed by atoms with Gasteiger partial charge in [0, 0.05) is 17.8 Å². The van der Waals surface area contributed by atoms with Crippen LogP contribution in [-0.4, -0.2) is 15.8 Å². The highest BCUT2D eigenvalue weighted by Crippen LogP contribution is 2.32. The van der Waals surface area contributed by atoms with E-state index < -0.39 is 0 Å². The van der Waals surface area contributed by atoms with E-state index in [0.717, 1.165) is 29.1 Å². The summed E-state index contributed by atoms with van der Waals surface area (Å²) in [5.41, 5.74) is 6.86. The topological polar surface area (TPSA) is 66.9 Å². The zero-order valence-electron chi connectivity index (χ0n) is 17.3. The monoisotopic (exact) mass is 386 g/mol. The molecule has 5 heteroatoms. The molecular weight excluding hydrogens is 360 g/mol. The molecule has 0 saturated heterocycles. The third-order valence-electron chi connectivity index (χ3n) is 5.38. The first-order valence-electron chi connectivity index (χ1n) is 10.0. The summed E-state index contributed by atoms with van der Waals surface area (Å²) in [5.74, 6) is 1.46. The number of benzene rings is 2. The first-order valence-corrected chi connectivity index (χ1v) is 10.0. The van der Waals surface area contributed by atoms with Crippen molar-refractivity contribution >= 4 is 28.9 Å². The van der Waals surface area contributed by atoms with Gasteiger partial charge in [-0.05, 0) is 74.1 Å². The Kier molecular flexibility index (Phi) is 5.05. The SMILES string of the molecule is Cc1cccc(Nc2nc3c(c(Nc4ccc(C)c(C)c4)n2)C(=O)CC(C)C3)c1. The maximum absolute atomic E-state index is 12.8. The maximum Gasteiger partial charge on any atom is 0.229 e. The van der Waals surface area contributed by atoms with E-state index in [1.54, 1.807) is 0 Å². The summed E-state index contributed by atoms with van der Waals surface area (Å²) < 4.78 is 0. The molecule has 2 aromatic carbocycles. The molecule has 5 nitrogen and oxygen atoms in total. The van der Waals surface area contributed by atoms with E-state index in [1.807, 2.05) is 37.3 Å². The number of aromatic nitrogens is 2. The van der Waals surface area contributed by atoms with Crippen molar-refractivity contribution in [3.8, 4) is 0 Å². The van der Waals surface area contributed by atoms with Gasteiger partial charge in [0.25, 0.3) is 0 Å². The summed E-state index contributed by atoms with van der Waals surface area (Å²) in [6, 6.07) is 14.2. The van der Waals surface area contributed by atoms with Crippen molar-refractivity contribution in [3.05, 3.63) is 70.4 Å². The van der Waals surface area contributed by atoms with E-state index in [4.69, 9.17) is 0 Å². The minimum Gasteiger partial charge on any atom is -0.339 e. The number of anilines is 4. The predicted molar refractivity (Wildman–Crippen MR) is 118 cm³/mol. The Bertz CT molecular complexity index is 1090. The summed E-state index contributed by atoms with van der Waals surface area (Å²) in [5, 5.41) is 6.67. The van der Waals surface area contributed by atoms with Crippen LogP contribution in [0.25, 0.3) is 0 Å². The van der Waals surface area contributed by atoms with Gasteiger partial charge in [-0.25, -0.2) is 4.98 Å². The normalized spacial score (nSPS) is 15.7. The molecular formula is C24H26N4O. The van der Waals surface area contributed by atoms with Crippen molar-refractivity contribution in [2.45, 2.75) is 40.5 Å². The molecule has 2 N–H and O–H groups in total. The van der Waals surface area contributed by atoms with Gasteiger partial charge in [0.05, 0.1) is 11.3 Å². The quantitative estimate of drug-likeness (QED) is 0.606. The van der Waals surface area contributed by atoms with Crippen molar-refractivity contribution in [1.29, 1.82) is 0 Å². The lowest BCUT2D eigenvalue weighted by Crippen LogP contribution is -2.22. The Balaban J connectivity index is 1.76. The number of carbonyl (C=O) groups excluding carboxylic acids is 1. The second-order valence-electron chi connectivity index (χ2n) is 8.07. The lowest BCUT2D eigenvalue weighted by atomic mass is 9.87. The summed E-state index contributed by atoms with van der Waals surface area (Å²) in [6.07, 6.45) is 1.30. The molecule has 29 heavy (non-hydrogen) atoms. The van der Waals surface area contributed by atoms with Crippen LogP contribution in [0.1, 0.15) is 46.1 Å². The van der Waals surface area contributed by atoms with Crippen LogP contribution in [0.4, 0.5) is 23.1 Å². The fourth-order valence-electron chi connectivity index (χ4n) is 3.72. The highest BCUT2D eigenvalue weighted by molar-refractivity contribution is 6.03. The molecule has 0 aliphatic heterocycles. The average Bonchev–Trinajstić information content (AvgIpc) is 2.64. The number of nitrogens with one attached hydrogen (secondary N) is 2. The van der Waals surface area contributed by atoms with E-state index in [2.05, 4.69) is 53.5 Å². The van der Waals surface area contributed by atoms with Gasteiger partial charge in [-0.1, -0.05) is 25.1 Å². The molecule has 1 atom stereocenters. The first kappa shape index (κ1) is 19.1. The lowest BCUT2D eigenvalue weighted by Gasteiger charge is -2.23. The smallest absolute Gasteiger partial charge is 0.229 e. The predicted octanol–water partition coefficient (Wildman–Crippen LogP) is 5.65. The average molecular weight is 386 g/mol. The van der Waals surface area contributed by atoms with Crippen molar-refractivity contribution in [3.63, 3.8) is 0 Å². The fourth-order valence-corrected chi connectivity index (χ4v) is 3.72. The molecule has 0 amide bonds. The standard InChI is InChI=1S/C24H26N4O/c1-14-6-5-7-18(10-14)26-24-27-20-11-15(2)12-21(29)22(20)23(28-24)25-19-9-8-16(3)17(4)13-19/h5-10,13,15H,11-12H2,1-4H3,(H2,25,26,27,28). The van der Waals surface area contributed by atoms with E-state index in [9.17, 15) is 4.79 Å². The van der Waals surface area contributed by atoms with E-state index >= 15 is 0 Å². The maximum atomic E-state index is 12.8. The van der Waals surface area contributed by atoms with E-state index in [0.29, 0.717) is 23.8 Å². The third kappa shape index (κ3) is 4.14. The van der Waals surface area contributed by atoms with E-state index in [1.165, 1.54) is 11.1 Å². The van der Waals surface area contributed by atoms with Crippen LogP contribution < -0.4 is 10.6 Å². The molecule has 1 aromatic heterocycles. The zero-order chi connectivity index (χ0) is 20.5. The highest BCUT2D eigenvalue weighted by Gasteiger charge is 2.28. The van der Waals surface area contributed by atoms with Crippen LogP contribution >= 0.6 is 0 Å². The molecule has 0 fully saturated rings. The third-order valence-corrected chi connectivity index (χ3v) is 5.38. The number of hydrogen-bond donors (Lipinski definition) is 2. The molecule has 1 aliphatic rings. The van der Waals surface area contributed by atoms with Crippen molar-refractivity contribution < 1.29 is 4.79 Å². The number of rotatable bonds is 4. The number of fused-ring (bicyclic) bond motifs is 1. The molecule has 0 spiro atoms. The van der Waals surface area contributed by atoms with Crippen LogP contribution in [0.2, 0.25) is 0 Å². The Morgan fingerprint density at radius 2 is 1.69 bits per heavy atom. The molecule has 1 heterocycles. The molecule has 3 aromatic rings. The van der Waals surface area contributed by atoms with Crippen LogP contribution in [-0.2, 0) is 6.42 Å². The van der Waals surface area contributed by atoms with Gasteiger partial charge in [0.15, 0.2) is 5.78 Å². The summed E-state index contributed by atoms with van der Waals surface area (Å²) in [4.78, 5) is 22.2. The zero-order valence-corrected chi connectivity index (χ0v) is 17.3. The molecule has 0 bridgehead atoms. The Labute approximate surface area is 171 Å². The number of aryl methyl sites for hydroxylation is 3. The van der Waals surface area contributed by atoms with Gasteiger partial charge < -0.3 is 10.6 Å². The van der Waals surface area contributed by atoms with Crippen molar-refractivity contribution in [2.75, 3.05) is 10.6 Å². The van der Waals surface area contributed by atoms with Crippen molar-refractivity contribution in [2.24, 2.45) is 5.92 Å². The molecule has 4 rings (SSSR count). The number of nitrogens with zero attached hydrogens (tertiary/aromatic N) is 2. The number of carbonyl (C=O) groups is 1.